The Morgan fingerprint density at radius 1 is 1.20 bits per heavy atom. The molecular weight excluding hydrogens is 237 g/mol. The summed E-state index contributed by atoms with van der Waals surface area (Å²) in [6.45, 7) is 0. The first-order chi connectivity index (χ1) is 7.09. The second-order valence-electron chi connectivity index (χ2n) is 2.84. The Morgan fingerprint density at radius 2 is 1.87 bits per heavy atom. The van der Waals surface area contributed by atoms with Crippen molar-refractivity contribution in [3.8, 4) is 0 Å². The summed E-state index contributed by atoms with van der Waals surface area (Å²) in [6.07, 6.45) is 0. The molecule has 1 heterocycles. The van der Waals surface area contributed by atoms with Gasteiger partial charge in [-0.2, -0.15) is 0 Å². The topological polar surface area (TPSA) is 68.9 Å². The number of aromatic nitrogens is 2. The molecule has 76 valence electrons. The maximum atomic E-state index is 11.1. The van der Waals surface area contributed by atoms with Crippen LogP contribution in [0.1, 0.15) is 10.4 Å². The molecule has 0 aliphatic carbocycles. The maximum Gasteiger partial charge on any atom is 0.250 e. The van der Waals surface area contributed by atoms with Gasteiger partial charge in [-0.3, -0.25) is 4.79 Å². The molecule has 0 saturated carbocycles. The smallest absolute Gasteiger partial charge is 0.250 e. The summed E-state index contributed by atoms with van der Waals surface area (Å²) < 4.78 is 0. The van der Waals surface area contributed by atoms with Gasteiger partial charge in [0.2, 0.25) is 0 Å². The lowest BCUT2D eigenvalue weighted by molar-refractivity contribution is 0.100. The Balaban J connectivity index is 2.86. The van der Waals surface area contributed by atoms with E-state index < -0.39 is 5.91 Å². The van der Waals surface area contributed by atoms with E-state index in [1.54, 1.807) is 18.2 Å². The van der Waals surface area contributed by atoms with Gasteiger partial charge in [0.05, 0.1) is 11.1 Å². The zero-order valence-electron chi connectivity index (χ0n) is 7.37. The van der Waals surface area contributed by atoms with Gasteiger partial charge in [-0.05, 0) is 12.1 Å². The van der Waals surface area contributed by atoms with Crippen molar-refractivity contribution in [2.45, 2.75) is 0 Å². The summed E-state index contributed by atoms with van der Waals surface area (Å²) in [7, 11) is 0. The third-order valence-electron chi connectivity index (χ3n) is 1.88. The van der Waals surface area contributed by atoms with Crippen molar-refractivity contribution < 1.29 is 4.79 Å². The van der Waals surface area contributed by atoms with E-state index in [0.29, 0.717) is 11.0 Å². The lowest BCUT2D eigenvalue weighted by Crippen LogP contribution is -2.12. The molecule has 0 unspecified atom stereocenters. The third-order valence-corrected chi connectivity index (χ3v) is 2.50. The van der Waals surface area contributed by atoms with E-state index in [1.165, 1.54) is 0 Å². The van der Waals surface area contributed by atoms with Crippen LogP contribution in [0, 0.1) is 0 Å². The zero-order chi connectivity index (χ0) is 11.0. The summed E-state index contributed by atoms with van der Waals surface area (Å²) >= 11 is 11.4. The molecule has 1 aromatic heterocycles. The number of para-hydroxylation sites is 1. The van der Waals surface area contributed by atoms with Gasteiger partial charge in [0.15, 0.2) is 10.3 Å². The molecule has 15 heavy (non-hydrogen) atoms. The molecule has 2 aromatic rings. The Kier molecular flexibility index (Phi) is 2.46. The van der Waals surface area contributed by atoms with Gasteiger partial charge >= 0.3 is 0 Å². The monoisotopic (exact) mass is 241 g/mol. The third kappa shape index (κ3) is 1.73. The number of nitrogens with two attached hydrogens (primary N) is 1. The fraction of sp³-hybridized carbons (Fsp3) is 0. The first-order valence-corrected chi connectivity index (χ1v) is 4.77. The van der Waals surface area contributed by atoms with Gasteiger partial charge in [-0.15, -0.1) is 0 Å². The molecule has 0 atom stereocenters. The fourth-order valence-corrected chi connectivity index (χ4v) is 1.49. The number of halogens is 2. The van der Waals surface area contributed by atoms with E-state index in [2.05, 4.69) is 9.97 Å². The largest absolute Gasteiger partial charge is 0.366 e. The van der Waals surface area contributed by atoms with Crippen LogP contribution in [0.25, 0.3) is 11.0 Å². The van der Waals surface area contributed by atoms with Crippen LogP contribution in [0.4, 0.5) is 0 Å². The minimum Gasteiger partial charge on any atom is -0.366 e. The highest BCUT2D eigenvalue weighted by atomic mass is 35.5. The van der Waals surface area contributed by atoms with E-state index in [9.17, 15) is 4.79 Å². The molecule has 0 spiro atoms. The van der Waals surface area contributed by atoms with Gasteiger partial charge in [0.1, 0.15) is 5.52 Å². The van der Waals surface area contributed by atoms with E-state index in [0.717, 1.165) is 0 Å². The molecule has 4 nitrogen and oxygen atoms in total. The van der Waals surface area contributed by atoms with E-state index in [-0.39, 0.29) is 15.9 Å². The molecule has 0 radical (unpaired) electrons. The Bertz CT molecular complexity index is 556. The Hall–Kier alpha value is -1.39. The number of carbonyl (C=O) groups is 1. The van der Waals surface area contributed by atoms with Crippen LogP contribution in [-0.2, 0) is 0 Å². The van der Waals surface area contributed by atoms with E-state index >= 15 is 0 Å². The van der Waals surface area contributed by atoms with Gasteiger partial charge < -0.3 is 5.73 Å². The van der Waals surface area contributed by atoms with Crippen molar-refractivity contribution in [3.05, 3.63) is 34.1 Å². The molecule has 0 fully saturated rings. The maximum absolute atomic E-state index is 11.1. The molecule has 2 rings (SSSR count). The Morgan fingerprint density at radius 3 is 2.53 bits per heavy atom. The zero-order valence-corrected chi connectivity index (χ0v) is 8.88. The molecule has 1 amide bonds. The van der Waals surface area contributed by atoms with Crippen molar-refractivity contribution >= 4 is 40.1 Å². The van der Waals surface area contributed by atoms with E-state index in [4.69, 9.17) is 28.9 Å². The summed E-state index contributed by atoms with van der Waals surface area (Å²) in [5, 5.41) is 0.156. The second kappa shape index (κ2) is 3.64. The number of hydrogen-bond acceptors (Lipinski definition) is 3. The van der Waals surface area contributed by atoms with E-state index in [1.807, 2.05) is 0 Å². The standard InChI is InChI=1S/C9H5Cl2N3O/c10-7-8(11)14-6-4(9(12)15)2-1-3-5(6)13-7/h1-3H,(H2,12,15). The second-order valence-corrected chi connectivity index (χ2v) is 3.56. The van der Waals surface area contributed by atoms with Crippen LogP contribution in [0.15, 0.2) is 18.2 Å². The van der Waals surface area contributed by atoms with Crippen LogP contribution in [-0.4, -0.2) is 15.9 Å². The number of benzene rings is 1. The number of fused-ring (bicyclic) bond motifs is 1. The average Bonchev–Trinajstić information content (AvgIpc) is 2.18. The lowest BCUT2D eigenvalue weighted by atomic mass is 10.1. The lowest BCUT2D eigenvalue weighted by Gasteiger charge is -2.02. The summed E-state index contributed by atoms with van der Waals surface area (Å²) in [6, 6.07) is 4.89. The van der Waals surface area contributed by atoms with Crippen molar-refractivity contribution in [3.63, 3.8) is 0 Å². The first-order valence-electron chi connectivity index (χ1n) is 4.01. The minimum absolute atomic E-state index is 0.0536. The van der Waals surface area contributed by atoms with Crippen molar-refractivity contribution in [1.82, 2.24) is 9.97 Å². The number of primary amides is 1. The van der Waals surface area contributed by atoms with Crippen molar-refractivity contribution in [2.24, 2.45) is 5.73 Å². The molecule has 1 aromatic carbocycles. The summed E-state index contributed by atoms with van der Waals surface area (Å²) in [5.41, 5.74) is 6.31. The molecule has 6 heteroatoms. The molecule has 2 N–H and O–H groups in total. The SMILES string of the molecule is NC(=O)c1cccc2nc(Cl)c(Cl)nc12. The van der Waals surface area contributed by atoms with Crippen LogP contribution < -0.4 is 5.73 Å². The number of rotatable bonds is 1. The predicted octanol–water partition coefficient (Wildman–Crippen LogP) is 2.04. The molecule has 0 aliphatic rings. The normalized spacial score (nSPS) is 10.5. The minimum atomic E-state index is -0.576. The summed E-state index contributed by atoms with van der Waals surface area (Å²) in [5.74, 6) is -0.576. The van der Waals surface area contributed by atoms with Gasteiger partial charge in [0, 0.05) is 0 Å². The predicted molar refractivity (Wildman–Crippen MR) is 58.1 cm³/mol. The number of hydrogen-bond donors (Lipinski definition) is 1. The van der Waals surface area contributed by atoms with Crippen LogP contribution in [0.3, 0.4) is 0 Å². The van der Waals surface area contributed by atoms with Gasteiger partial charge in [0.25, 0.3) is 5.91 Å². The first kappa shape index (κ1) is 10.1. The van der Waals surface area contributed by atoms with Gasteiger partial charge in [-0.25, -0.2) is 9.97 Å². The summed E-state index contributed by atoms with van der Waals surface area (Å²) in [4.78, 5) is 19.0. The molecule has 0 aliphatic heterocycles. The van der Waals surface area contributed by atoms with Crippen molar-refractivity contribution in [2.75, 3.05) is 0 Å². The highest BCUT2D eigenvalue weighted by Crippen LogP contribution is 2.22. The Labute approximate surface area is 95.0 Å². The van der Waals surface area contributed by atoms with Gasteiger partial charge in [-0.1, -0.05) is 29.3 Å². The molecule has 0 bridgehead atoms. The number of carbonyl (C=O) groups excluding carboxylic acids is 1. The fourth-order valence-electron chi connectivity index (χ4n) is 1.23. The van der Waals surface area contributed by atoms with Crippen LogP contribution in [0.5, 0.6) is 0 Å². The quantitative estimate of drug-likeness (QED) is 0.831. The van der Waals surface area contributed by atoms with Crippen molar-refractivity contribution in [1.29, 1.82) is 0 Å². The number of amides is 1. The highest BCUT2D eigenvalue weighted by Gasteiger charge is 2.11. The number of nitrogens with zero attached hydrogens (tertiary/aromatic N) is 2. The van der Waals surface area contributed by atoms with Crippen LogP contribution >= 0.6 is 23.2 Å². The highest BCUT2D eigenvalue weighted by molar-refractivity contribution is 6.40. The molecular formula is C9H5Cl2N3O. The molecule has 0 saturated heterocycles. The van der Waals surface area contributed by atoms with Crippen LogP contribution in [0.2, 0.25) is 10.3 Å². The average molecular weight is 242 g/mol.